The summed E-state index contributed by atoms with van der Waals surface area (Å²) in [6.45, 7) is 0. The molecular weight excluding hydrogens is 142 g/mol. The van der Waals surface area contributed by atoms with Gasteiger partial charge in [-0.1, -0.05) is 0 Å². The Labute approximate surface area is 61.4 Å². The Morgan fingerprint density at radius 2 is 1.12 bits per heavy atom. The molecule has 5 heteroatoms. The van der Waals surface area contributed by atoms with E-state index in [1.54, 1.807) is 21.3 Å². The van der Waals surface area contributed by atoms with Crippen LogP contribution in [0.2, 0.25) is 0 Å². The van der Waals surface area contributed by atoms with E-state index in [0.29, 0.717) is 0 Å². The number of hydrogen-bond donors (Lipinski definition) is 0. The normalized spacial score (nSPS) is 9.00. The van der Waals surface area contributed by atoms with Crippen molar-refractivity contribution in [3.8, 4) is 0 Å². The van der Waals surface area contributed by atoms with E-state index in [2.05, 4.69) is 13.6 Å². The van der Waals surface area contributed by atoms with Crippen LogP contribution in [-0.4, -0.2) is 38.7 Å². The van der Waals surface area contributed by atoms with Gasteiger partial charge in [0.1, 0.15) is 0 Å². The largest absolute Gasteiger partial charge is 3.00 e. The van der Waals surface area contributed by atoms with Gasteiger partial charge in [0.15, 0.2) is 0 Å². The van der Waals surface area contributed by atoms with Crippen LogP contribution in [0.4, 0.5) is 0 Å². The molecule has 0 fully saturated rings. The van der Waals surface area contributed by atoms with Crippen molar-refractivity contribution < 1.29 is 13.6 Å². The summed E-state index contributed by atoms with van der Waals surface area (Å²) < 4.78 is 14.0. The van der Waals surface area contributed by atoms with Crippen LogP contribution >= 0.6 is 8.60 Å². The van der Waals surface area contributed by atoms with Crippen LogP contribution in [-0.2, 0) is 13.6 Å². The predicted molar refractivity (Wildman–Crippen MR) is 33.7 cm³/mol. The summed E-state index contributed by atoms with van der Waals surface area (Å²) >= 11 is 0. The van der Waals surface area contributed by atoms with Crippen molar-refractivity contribution in [2.75, 3.05) is 21.3 Å². The minimum Gasteiger partial charge on any atom is -0.316 e. The fourth-order valence-corrected chi connectivity index (χ4v) is 0.671. The molecule has 0 aromatic heterocycles. The van der Waals surface area contributed by atoms with E-state index in [-0.39, 0.29) is 17.4 Å². The standard InChI is InChI=1S/C3H9O3P.Al/c1-4-7(5-2)6-3;/h1-3H3;/q;+3. The second kappa shape index (κ2) is 7.84. The first-order valence-corrected chi connectivity index (χ1v) is 2.87. The Balaban J connectivity index is 0. The van der Waals surface area contributed by atoms with Gasteiger partial charge in [0.25, 0.3) is 0 Å². The maximum absolute atomic E-state index is 4.67. The maximum Gasteiger partial charge on any atom is 3.00 e. The molecule has 0 saturated carbocycles. The quantitative estimate of drug-likeness (QED) is 0.440. The molecule has 8 heavy (non-hydrogen) atoms. The zero-order valence-electron chi connectivity index (χ0n) is 5.25. The summed E-state index contributed by atoms with van der Waals surface area (Å²) in [6, 6.07) is 0. The summed E-state index contributed by atoms with van der Waals surface area (Å²) in [7, 11) is 3.57. The van der Waals surface area contributed by atoms with Gasteiger partial charge in [0.05, 0.1) is 0 Å². The monoisotopic (exact) mass is 151 g/mol. The third-order valence-electron chi connectivity index (χ3n) is 0.447. The summed E-state index contributed by atoms with van der Waals surface area (Å²) in [5.41, 5.74) is 0. The van der Waals surface area contributed by atoms with Crippen LogP contribution in [0.25, 0.3) is 0 Å². The van der Waals surface area contributed by atoms with Gasteiger partial charge in [-0.3, -0.25) is 0 Å². The molecule has 0 unspecified atom stereocenters. The first-order chi connectivity index (χ1) is 3.35. The molecular formula is C3H9AlO3P+3. The zero-order chi connectivity index (χ0) is 5.70. The van der Waals surface area contributed by atoms with Crippen molar-refractivity contribution >= 4 is 26.0 Å². The Kier molecular flexibility index (Phi) is 11.4. The first-order valence-electron chi connectivity index (χ1n) is 1.77. The second-order valence-electron chi connectivity index (χ2n) is 0.771. The molecule has 0 atom stereocenters. The van der Waals surface area contributed by atoms with E-state index in [1.807, 2.05) is 0 Å². The third kappa shape index (κ3) is 4.99. The summed E-state index contributed by atoms with van der Waals surface area (Å²) in [5.74, 6) is 0. The van der Waals surface area contributed by atoms with E-state index in [9.17, 15) is 0 Å². The van der Waals surface area contributed by atoms with Gasteiger partial charge < -0.3 is 13.6 Å². The Bertz CT molecular complexity index is 36.0. The molecule has 0 spiro atoms. The van der Waals surface area contributed by atoms with Crippen LogP contribution in [0.5, 0.6) is 0 Å². The van der Waals surface area contributed by atoms with E-state index in [4.69, 9.17) is 0 Å². The molecule has 44 valence electrons. The number of hydrogen-bond acceptors (Lipinski definition) is 3. The first kappa shape index (κ1) is 11.6. The topological polar surface area (TPSA) is 27.7 Å². The maximum atomic E-state index is 4.67. The summed E-state index contributed by atoms with van der Waals surface area (Å²) in [6.07, 6.45) is 0. The van der Waals surface area contributed by atoms with Crippen molar-refractivity contribution in [3.63, 3.8) is 0 Å². The summed E-state index contributed by atoms with van der Waals surface area (Å²) in [5, 5.41) is 0. The van der Waals surface area contributed by atoms with E-state index >= 15 is 0 Å². The summed E-state index contributed by atoms with van der Waals surface area (Å²) in [4.78, 5) is 0. The minimum absolute atomic E-state index is 0. The van der Waals surface area contributed by atoms with E-state index in [0.717, 1.165) is 0 Å². The van der Waals surface area contributed by atoms with Gasteiger partial charge in [0.2, 0.25) is 0 Å². The van der Waals surface area contributed by atoms with Gasteiger partial charge in [-0.2, -0.15) is 0 Å². The predicted octanol–water partition coefficient (Wildman–Crippen LogP) is 0.772. The molecule has 0 amide bonds. The van der Waals surface area contributed by atoms with Gasteiger partial charge in [-0.15, -0.1) is 0 Å². The molecule has 0 aromatic rings. The average Bonchev–Trinajstić information content (AvgIpc) is 1.72. The Hall–Kier alpha value is 0.842. The molecule has 0 aliphatic rings. The van der Waals surface area contributed by atoms with Crippen molar-refractivity contribution in [2.45, 2.75) is 0 Å². The minimum atomic E-state index is -1.05. The molecule has 0 aliphatic heterocycles. The molecule has 0 saturated heterocycles. The van der Waals surface area contributed by atoms with Crippen LogP contribution in [0, 0.1) is 0 Å². The molecule has 0 aliphatic carbocycles. The van der Waals surface area contributed by atoms with Crippen LogP contribution in [0.15, 0.2) is 0 Å². The molecule has 0 bridgehead atoms. The number of rotatable bonds is 3. The smallest absolute Gasteiger partial charge is 0.316 e. The van der Waals surface area contributed by atoms with Crippen molar-refractivity contribution in [1.82, 2.24) is 0 Å². The Morgan fingerprint density at radius 3 is 1.12 bits per heavy atom. The third-order valence-corrected chi connectivity index (χ3v) is 1.34. The van der Waals surface area contributed by atoms with Crippen LogP contribution < -0.4 is 0 Å². The van der Waals surface area contributed by atoms with Gasteiger partial charge in [0, 0.05) is 21.3 Å². The molecule has 0 N–H and O–H groups in total. The van der Waals surface area contributed by atoms with Crippen molar-refractivity contribution in [1.29, 1.82) is 0 Å². The average molecular weight is 151 g/mol. The van der Waals surface area contributed by atoms with Gasteiger partial charge >= 0.3 is 26.0 Å². The van der Waals surface area contributed by atoms with Crippen LogP contribution in [0.1, 0.15) is 0 Å². The molecule has 0 heterocycles. The molecule has 0 radical (unpaired) electrons. The van der Waals surface area contributed by atoms with E-state index in [1.165, 1.54) is 0 Å². The molecule has 3 nitrogen and oxygen atoms in total. The van der Waals surface area contributed by atoms with Gasteiger partial charge in [-0.05, 0) is 0 Å². The van der Waals surface area contributed by atoms with Crippen molar-refractivity contribution in [2.24, 2.45) is 0 Å². The van der Waals surface area contributed by atoms with Gasteiger partial charge in [-0.25, -0.2) is 0 Å². The van der Waals surface area contributed by atoms with E-state index < -0.39 is 8.60 Å². The molecule has 0 aromatic carbocycles. The fraction of sp³-hybridized carbons (Fsp3) is 1.00. The zero-order valence-corrected chi connectivity index (χ0v) is 7.30. The SMILES string of the molecule is COP(OC)OC.[Al+3]. The second-order valence-corrected chi connectivity index (χ2v) is 2.31. The van der Waals surface area contributed by atoms with Crippen LogP contribution in [0.3, 0.4) is 0 Å². The fourth-order valence-electron chi connectivity index (χ4n) is 0.224. The van der Waals surface area contributed by atoms with Crippen molar-refractivity contribution in [3.05, 3.63) is 0 Å². The molecule has 0 rings (SSSR count). The Morgan fingerprint density at radius 1 is 0.875 bits per heavy atom.